The second kappa shape index (κ2) is 6.71. The molecule has 1 saturated heterocycles. The largest absolute Gasteiger partial charge is 0.352 e. The van der Waals surface area contributed by atoms with Gasteiger partial charge in [0.25, 0.3) is 5.91 Å². The Hall–Kier alpha value is -1.13. The van der Waals surface area contributed by atoms with Gasteiger partial charge in [-0.25, -0.2) is 4.98 Å². The molecule has 1 aliphatic rings. The average molecular weight is 268 g/mol. The van der Waals surface area contributed by atoms with Crippen LogP contribution in [0, 0.1) is 5.92 Å². The maximum absolute atomic E-state index is 11.8. The van der Waals surface area contributed by atoms with E-state index in [0.29, 0.717) is 10.7 Å². The van der Waals surface area contributed by atoms with Gasteiger partial charge in [-0.15, -0.1) is 0 Å². The van der Waals surface area contributed by atoms with E-state index in [2.05, 4.69) is 15.6 Å². The molecule has 0 spiro atoms. The number of carbonyl (C=O) groups is 1. The van der Waals surface area contributed by atoms with Gasteiger partial charge in [0.05, 0.1) is 0 Å². The molecule has 1 fully saturated rings. The first-order chi connectivity index (χ1) is 8.75. The van der Waals surface area contributed by atoms with Gasteiger partial charge in [0.1, 0.15) is 5.15 Å². The Kier molecular flexibility index (Phi) is 4.96. The number of hydrogen-bond donors (Lipinski definition) is 2. The number of nitrogens with one attached hydrogen (secondary N) is 2. The lowest BCUT2D eigenvalue weighted by molar-refractivity contribution is 0.0950. The smallest absolute Gasteiger partial charge is 0.251 e. The minimum Gasteiger partial charge on any atom is -0.352 e. The van der Waals surface area contributed by atoms with Crippen LogP contribution in [0.1, 0.15) is 29.6 Å². The molecular weight excluding hydrogens is 250 g/mol. The molecule has 0 atom stereocenters. The predicted molar refractivity (Wildman–Crippen MR) is 71.8 cm³/mol. The van der Waals surface area contributed by atoms with Crippen LogP contribution < -0.4 is 10.6 Å². The molecule has 1 aromatic heterocycles. The quantitative estimate of drug-likeness (QED) is 0.819. The van der Waals surface area contributed by atoms with Gasteiger partial charge in [0, 0.05) is 18.3 Å². The number of aromatic nitrogens is 1. The third kappa shape index (κ3) is 3.96. The molecule has 1 aliphatic heterocycles. The van der Waals surface area contributed by atoms with Crippen LogP contribution in [0.2, 0.25) is 5.15 Å². The zero-order valence-electron chi connectivity index (χ0n) is 10.3. The van der Waals surface area contributed by atoms with Crippen LogP contribution >= 0.6 is 11.6 Å². The van der Waals surface area contributed by atoms with Crippen molar-refractivity contribution in [2.24, 2.45) is 5.92 Å². The number of halogens is 1. The van der Waals surface area contributed by atoms with Gasteiger partial charge in [-0.3, -0.25) is 4.79 Å². The maximum Gasteiger partial charge on any atom is 0.251 e. The summed E-state index contributed by atoms with van der Waals surface area (Å²) in [4.78, 5) is 15.7. The second-order valence-corrected chi connectivity index (χ2v) is 4.99. The molecule has 2 N–H and O–H groups in total. The Bertz CT molecular complexity index is 405. The predicted octanol–water partition coefficient (Wildman–Crippen LogP) is 1.85. The molecule has 1 aromatic rings. The van der Waals surface area contributed by atoms with Crippen LogP contribution in [0.3, 0.4) is 0 Å². The summed E-state index contributed by atoms with van der Waals surface area (Å²) in [5.74, 6) is 0.654. The van der Waals surface area contributed by atoms with Crippen molar-refractivity contribution in [1.29, 1.82) is 0 Å². The molecule has 4 nitrogen and oxygen atoms in total. The van der Waals surface area contributed by atoms with E-state index in [9.17, 15) is 4.79 Å². The van der Waals surface area contributed by atoms with E-state index >= 15 is 0 Å². The molecule has 98 valence electrons. The van der Waals surface area contributed by atoms with E-state index in [4.69, 9.17) is 11.6 Å². The minimum atomic E-state index is -0.0757. The number of pyridine rings is 1. The van der Waals surface area contributed by atoms with Crippen molar-refractivity contribution >= 4 is 17.5 Å². The number of carbonyl (C=O) groups excluding carboxylic acids is 1. The lowest BCUT2D eigenvalue weighted by Gasteiger charge is -2.22. The van der Waals surface area contributed by atoms with E-state index in [1.165, 1.54) is 12.8 Å². The highest BCUT2D eigenvalue weighted by molar-refractivity contribution is 6.29. The fourth-order valence-corrected chi connectivity index (χ4v) is 2.38. The molecule has 0 unspecified atom stereocenters. The van der Waals surface area contributed by atoms with Crippen LogP contribution in [0.25, 0.3) is 0 Å². The fourth-order valence-electron chi connectivity index (χ4n) is 2.21. The van der Waals surface area contributed by atoms with E-state index in [0.717, 1.165) is 32.0 Å². The molecule has 0 bridgehead atoms. The summed E-state index contributed by atoms with van der Waals surface area (Å²) in [6.07, 6.45) is 5.00. The molecule has 0 aliphatic carbocycles. The van der Waals surface area contributed by atoms with E-state index in [-0.39, 0.29) is 5.91 Å². The fraction of sp³-hybridized carbons (Fsp3) is 0.538. The van der Waals surface area contributed by atoms with Gasteiger partial charge >= 0.3 is 0 Å². The van der Waals surface area contributed by atoms with Crippen LogP contribution in [-0.4, -0.2) is 30.5 Å². The van der Waals surface area contributed by atoms with Gasteiger partial charge in [-0.1, -0.05) is 11.6 Å². The Balaban J connectivity index is 1.74. The lowest BCUT2D eigenvalue weighted by atomic mass is 9.95. The van der Waals surface area contributed by atoms with Crippen LogP contribution in [0.5, 0.6) is 0 Å². The van der Waals surface area contributed by atoms with E-state index in [1.807, 2.05) is 0 Å². The van der Waals surface area contributed by atoms with Crippen molar-refractivity contribution in [2.45, 2.75) is 19.3 Å². The molecule has 0 radical (unpaired) electrons. The monoisotopic (exact) mass is 267 g/mol. The standard InChI is InChI=1S/C13H18ClN3O/c14-12-9-11(4-8-16-12)13(18)17-7-3-10-1-5-15-6-2-10/h4,8-10,15H,1-3,5-7H2,(H,17,18). The SMILES string of the molecule is O=C(NCCC1CCNCC1)c1ccnc(Cl)c1. The first-order valence-electron chi connectivity index (χ1n) is 6.36. The van der Waals surface area contributed by atoms with Gasteiger partial charge in [-0.2, -0.15) is 0 Å². The normalized spacial score (nSPS) is 16.5. The molecule has 1 amide bonds. The zero-order chi connectivity index (χ0) is 12.8. The lowest BCUT2D eigenvalue weighted by Crippen LogP contribution is -2.31. The summed E-state index contributed by atoms with van der Waals surface area (Å²) in [5.41, 5.74) is 0.570. The summed E-state index contributed by atoms with van der Waals surface area (Å²) < 4.78 is 0. The Labute approximate surface area is 112 Å². The van der Waals surface area contributed by atoms with Gasteiger partial charge in [-0.05, 0) is 50.4 Å². The molecule has 5 heteroatoms. The first-order valence-corrected chi connectivity index (χ1v) is 6.74. The van der Waals surface area contributed by atoms with Crippen molar-refractivity contribution in [1.82, 2.24) is 15.6 Å². The molecule has 0 aromatic carbocycles. The van der Waals surface area contributed by atoms with Crippen molar-refractivity contribution in [3.63, 3.8) is 0 Å². The topological polar surface area (TPSA) is 54.0 Å². The average Bonchev–Trinajstić information content (AvgIpc) is 2.40. The van der Waals surface area contributed by atoms with E-state index in [1.54, 1.807) is 18.3 Å². The van der Waals surface area contributed by atoms with Crippen LogP contribution in [0.15, 0.2) is 18.3 Å². The number of hydrogen-bond acceptors (Lipinski definition) is 3. The molecule has 0 saturated carbocycles. The molecule has 18 heavy (non-hydrogen) atoms. The molecular formula is C13H18ClN3O. The van der Waals surface area contributed by atoms with Gasteiger partial charge in [0.15, 0.2) is 0 Å². The highest BCUT2D eigenvalue weighted by Crippen LogP contribution is 2.15. The molecule has 2 heterocycles. The van der Waals surface area contributed by atoms with Gasteiger partial charge < -0.3 is 10.6 Å². The Morgan fingerprint density at radius 1 is 1.50 bits per heavy atom. The van der Waals surface area contributed by atoms with Crippen LogP contribution in [-0.2, 0) is 0 Å². The number of piperidine rings is 1. The third-order valence-electron chi connectivity index (χ3n) is 3.29. The van der Waals surface area contributed by atoms with Crippen molar-refractivity contribution in [2.75, 3.05) is 19.6 Å². The van der Waals surface area contributed by atoms with Gasteiger partial charge in [0.2, 0.25) is 0 Å². The van der Waals surface area contributed by atoms with Crippen molar-refractivity contribution < 1.29 is 4.79 Å². The molecule has 2 rings (SSSR count). The first kappa shape index (κ1) is 13.3. The Morgan fingerprint density at radius 3 is 3.00 bits per heavy atom. The van der Waals surface area contributed by atoms with Crippen molar-refractivity contribution in [3.8, 4) is 0 Å². The number of amides is 1. The summed E-state index contributed by atoms with van der Waals surface area (Å²) in [7, 11) is 0. The summed E-state index contributed by atoms with van der Waals surface area (Å²) >= 11 is 5.75. The van der Waals surface area contributed by atoms with E-state index < -0.39 is 0 Å². The highest BCUT2D eigenvalue weighted by Gasteiger charge is 2.13. The summed E-state index contributed by atoms with van der Waals surface area (Å²) in [6.45, 7) is 2.92. The number of nitrogens with zero attached hydrogens (tertiary/aromatic N) is 1. The minimum absolute atomic E-state index is 0.0757. The second-order valence-electron chi connectivity index (χ2n) is 4.61. The summed E-state index contributed by atoms with van der Waals surface area (Å²) in [6, 6.07) is 3.26. The zero-order valence-corrected chi connectivity index (χ0v) is 11.0. The highest BCUT2D eigenvalue weighted by atomic mass is 35.5. The third-order valence-corrected chi connectivity index (χ3v) is 3.49. The Morgan fingerprint density at radius 2 is 2.28 bits per heavy atom. The number of rotatable bonds is 4. The maximum atomic E-state index is 11.8. The van der Waals surface area contributed by atoms with Crippen LogP contribution in [0.4, 0.5) is 0 Å². The summed E-state index contributed by atoms with van der Waals surface area (Å²) in [5, 5.41) is 6.61. The van der Waals surface area contributed by atoms with Crippen molar-refractivity contribution in [3.05, 3.63) is 29.0 Å².